The summed E-state index contributed by atoms with van der Waals surface area (Å²) in [6, 6.07) is 11.3. The molecule has 6 amide bonds. The number of para-hydroxylation sites is 1. The Kier molecular flexibility index (Phi) is 13.1. The lowest BCUT2D eigenvalue weighted by atomic mass is 10.0. The van der Waals surface area contributed by atoms with Gasteiger partial charge in [-0.2, -0.15) is 0 Å². The van der Waals surface area contributed by atoms with Crippen LogP contribution in [-0.2, 0) is 41.7 Å². The van der Waals surface area contributed by atoms with Gasteiger partial charge in [-0.05, 0) is 57.4 Å². The molecule has 0 aliphatic carbocycles. The number of benzene rings is 2. The number of hydrogen-bond donors (Lipinski definition) is 6. The van der Waals surface area contributed by atoms with Crippen molar-refractivity contribution in [3.05, 3.63) is 71.9 Å². The van der Waals surface area contributed by atoms with Crippen LogP contribution in [0.3, 0.4) is 0 Å². The molecule has 0 bridgehead atoms. The van der Waals surface area contributed by atoms with E-state index >= 15 is 0 Å². The molecule has 0 spiro atoms. The molecule has 48 heavy (non-hydrogen) atoms. The van der Waals surface area contributed by atoms with Crippen LogP contribution in [-0.4, -0.2) is 76.0 Å². The zero-order valence-corrected chi connectivity index (χ0v) is 27.2. The average Bonchev–Trinajstić information content (AvgIpc) is 3.43. The van der Waals surface area contributed by atoms with Crippen LogP contribution in [0.1, 0.15) is 51.2 Å². The van der Waals surface area contributed by atoms with E-state index in [2.05, 4.69) is 15.6 Å². The maximum atomic E-state index is 14.5. The summed E-state index contributed by atoms with van der Waals surface area (Å²) in [6.45, 7) is 4.74. The molecule has 15 heteroatoms. The minimum absolute atomic E-state index is 0.0698. The molecule has 15 nitrogen and oxygen atoms in total. The van der Waals surface area contributed by atoms with Crippen LogP contribution < -0.4 is 27.8 Å². The molecule has 0 fully saturated rings. The molecule has 3 rings (SSSR count). The summed E-state index contributed by atoms with van der Waals surface area (Å²) >= 11 is 0. The van der Waals surface area contributed by atoms with Gasteiger partial charge < -0.3 is 42.3 Å². The highest BCUT2D eigenvalue weighted by Gasteiger charge is 2.41. The summed E-state index contributed by atoms with van der Waals surface area (Å²) in [5, 5.41) is 5.64. The van der Waals surface area contributed by atoms with Crippen LogP contribution in [0.4, 0.5) is 9.59 Å². The van der Waals surface area contributed by atoms with Gasteiger partial charge in [0, 0.05) is 23.5 Å². The molecule has 3 aromatic rings. The normalized spacial score (nSPS) is 13.1. The van der Waals surface area contributed by atoms with Crippen molar-refractivity contribution in [1.82, 2.24) is 20.5 Å². The lowest BCUT2D eigenvalue weighted by molar-refractivity contribution is -0.141. The standard InChI is InChI=1S/C33H43N7O8/c1-33(2,3)48-31(45)39-25(16-21-18-37-23-13-8-7-12-22(21)23)30(44)40(32(46)47-19-20-10-5-4-6-11-20)26(14-9-15-34)29(43)38-24(28(36)42)17-27(35)41/h4-8,10-13,18,24-26,37H,9,14-17,19,34H2,1-3H3,(H2,35,41)(H2,36,42)(H,38,43)(H,39,45). The molecule has 1 aromatic heterocycles. The topological polar surface area (TPSA) is 242 Å². The zero-order valence-electron chi connectivity index (χ0n) is 27.2. The van der Waals surface area contributed by atoms with Crippen molar-refractivity contribution in [1.29, 1.82) is 0 Å². The van der Waals surface area contributed by atoms with Crippen LogP contribution in [0, 0.1) is 0 Å². The third kappa shape index (κ3) is 10.8. The molecule has 0 saturated heterocycles. The fourth-order valence-corrected chi connectivity index (χ4v) is 4.88. The molecule has 0 aliphatic rings. The number of alkyl carbamates (subject to hydrolysis) is 1. The van der Waals surface area contributed by atoms with E-state index in [4.69, 9.17) is 26.7 Å². The quantitative estimate of drug-likeness (QED) is 0.138. The van der Waals surface area contributed by atoms with E-state index < -0.39 is 66.0 Å². The zero-order chi connectivity index (χ0) is 35.4. The van der Waals surface area contributed by atoms with Gasteiger partial charge in [0.25, 0.3) is 5.91 Å². The number of imide groups is 1. The van der Waals surface area contributed by atoms with E-state index in [0.717, 1.165) is 10.9 Å². The fraction of sp³-hybridized carbons (Fsp3) is 0.394. The predicted octanol–water partition coefficient (Wildman–Crippen LogP) is 1.72. The summed E-state index contributed by atoms with van der Waals surface area (Å²) < 4.78 is 10.9. The molecule has 258 valence electrons. The highest BCUT2D eigenvalue weighted by atomic mass is 16.6. The van der Waals surface area contributed by atoms with E-state index in [9.17, 15) is 28.8 Å². The van der Waals surface area contributed by atoms with Gasteiger partial charge in [-0.25, -0.2) is 14.5 Å². The highest BCUT2D eigenvalue weighted by Crippen LogP contribution is 2.22. The predicted molar refractivity (Wildman–Crippen MR) is 176 cm³/mol. The van der Waals surface area contributed by atoms with Crippen LogP contribution in [0.25, 0.3) is 10.9 Å². The Morgan fingerprint density at radius 1 is 0.917 bits per heavy atom. The number of amides is 6. The summed E-state index contributed by atoms with van der Waals surface area (Å²) in [4.78, 5) is 82.6. The number of aromatic amines is 1. The minimum Gasteiger partial charge on any atom is -0.444 e. The van der Waals surface area contributed by atoms with Gasteiger partial charge in [0.05, 0.1) is 6.42 Å². The molecule has 1 heterocycles. The lowest BCUT2D eigenvalue weighted by Crippen LogP contribution is -2.60. The average molecular weight is 666 g/mol. The van der Waals surface area contributed by atoms with Crippen molar-refractivity contribution in [2.75, 3.05) is 6.54 Å². The molecular weight excluding hydrogens is 622 g/mol. The van der Waals surface area contributed by atoms with E-state index in [1.807, 2.05) is 18.2 Å². The van der Waals surface area contributed by atoms with Gasteiger partial charge in [-0.1, -0.05) is 48.5 Å². The monoisotopic (exact) mass is 665 g/mol. The lowest BCUT2D eigenvalue weighted by Gasteiger charge is -2.32. The SMILES string of the molecule is CC(C)(C)OC(=O)NC(Cc1c[nH]c2ccccc12)C(=O)N(C(=O)OCc1ccccc1)C(CCCN)C(=O)NC(CC(N)=O)C(N)=O. The molecule has 2 aromatic carbocycles. The largest absolute Gasteiger partial charge is 0.444 e. The van der Waals surface area contributed by atoms with E-state index in [-0.39, 0.29) is 32.4 Å². The number of hydrogen-bond acceptors (Lipinski definition) is 9. The van der Waals surface area contributed by atoms with Gasteiger partial charge in [-0.15, -0.1) is 0 Å². The second kappa shape index (κ2) is 16.9. The Bertz CT molecular complexity index is 1600. The first-order valence-electron chi connectivity index (χ1n) is 15.4. The first-order chi connectivity index (χ1) is 22.7. The van der Waals surface area contributed by atoms with Gasteiger partial charge in [0.1, 0.15) is 30.3 Å². The number of aromatic nitrogens is 1. The summed E-state index contributed by atoms with van der Waals surface area (Å²) in [6.07, 6.45) is -1.25. The Labute approximate surface area is 277 Å². The molecule has 0 saturated carbocycles. The molecule has 0 aliphatic heterocycles. The highest BCUT2D eigenvalue weighted by molar-refractivity contribution is 6.02. The summed E-state index contributed by atoms with van der Waals surface area (Å²) in [5.74, 6) is -3.99. The third-order valence-corrected chi connectivity index (χ3v) is 7.09. The first kappa shape index (κ1) is 37.0. The Balaban J connectivity index is 2.08. The van der Waals surface area contributed by atoms with E-state index in [1.54, 1.807) is 63.4 Å². The van der Waals surface area contributed by atoms with Crippen molar-refractivity contribution >= 4 is 46.7 Å². The van der Waals surface area contributed by atoms with Crippen LogP contribution >= 0.6 is 0 Å². The maximum absolute atomic E-state index is 14.5. The smallest absolute Gasteiger partial charge is 0.417 e. The Morgan fingerprint density at radius 2 is 1.58 bits per heavy atom. The summed E-state index contributed by atoms with van der Waals surface area (Å²) in [5.41, 5.74) is 17.4. The third-order valence-electron chi connectivity index (χ3n) is 7.09. The van der Waals surface area contributed by atoms with Crippen LogP contribution in [0.5, 0.6) is 0 Å². The minimum atomic E-state index is -1.61. The molecule has 9 N–H and O–H groups in total. The number of fused-ring (bicyclic) bond motifs is 1. The summed E-state index contributed by atoms with van der Waals surface area (Å²) in [7, 11) is 0. The number of carbonyl (C=O) groups excluding carboxylic acids is 6. The number of nitrogens with zero attached hydrogens (tertiary/aromatic N) is 1. The second-order valence-electron chi connectivity index (χ2n) is 12.1. The number of primary amides is 2. The molecular formula is C33H43N7O8. The molecule has 0 radical (unpaired) electrons. The number of carbonyl (C=O) groups is 6. The van der Waals surface area contributed by atoms with Crippen molar-refractivity contribution in [2.45, 2.75) is 76.8 Å². The Morgan fingerprint density at radius 3 is 2.21 bits per heavy atom. The molecule has 3 atom stereocenters. The van der Waals surface area contributed by atoms with Crippen molar-refractivity contribution in [2.24, 2.45) is 17.2 Å². The van der Waals surface area contributed by atoms with E-state index in [1.165, 1.54) is 0 Å². The van der Waals surface area contributed by atoms with Crippen molar-refractivity contribution < 1.29 is 38.2 Å². The van der Waals surface area contributed by atoms with Crippen LogP contribution in [0.15, 0.2) is 60.8 Å². The van der Waals surface area contributed by atoms with Gasteiger partial charge in [0.2, 0.25) is 17.7 Å². The van der Waals surface area contributed by atoms with Gasteiger partial charge >= 0.3 is 12.2 Å². The number of H-pyrrole nitrogens is 1. The van der Waals surface area contributed by atoms with Gasteiger partial charge in [-0.3, -0.25) is 19.2 Å². The number of rotatable bonds is 15. The fourth-order valence-electron chi connectivity index (χ4n) is 4.88. The van der Waals surface area contributed by atoms with Gasteiger partial charge in [0.15, 0.2) is 0 Å². The first-order valence-corrected chi connectivity index (χ1v) is 15.4. The molecule has 3 unspecified atom stereocenters. The number of nitrogens with one attached hydrogen (secondary N) is 3. The second-order valence-corrected chi connectivity index (χ2v) is 12.1. The van der Waals surface area contributed by atoms with Crippen molar-refractivity contribution in [3.63, 3.8) is 0 Å². The van der Waals surface area contributed by atoms with Crippen LogP contribution in [0.2, 0.25) is 0 Å². The van der Waals surface area contributed by atoms with E-state index in [0.29, 0.717) is 16.0 Å². The Hall–Kier alpha value is -5.44. The number of nitrogens with two attached hydrogens (primary N) is 3. The number of ether oxygens (including phenoxy) is 2. The maximum Gasteiger partial charge on any atom is 0.417 e. The van der Waals surface area contributed by atoms with Crippen molar-refractivity contribution in [3.8, 4) is 0 Å².